The molecule has 0 N–H and O–H groups in total. The summed E-state index contributed by atoms with van der Waals surface area (Å²) in [6, 6.07) is 17.4. The second kappa shape index (κ2) is 4.98. The van der Waals surface area contributed by atoms with Crippen LogP contribution >= 0.6 is 0 Å². The number of para-hydroxylation sites is 1. The topological polar surface area (TPSA) is 35.3 Å². The van der Waals surface area contributed by atoms with Crippen LogP contribution in [0.25, 0.3) is 11.5 Å². The number of hydrogen-bond donors (Lipinski definition) is 0. The Morgan fingerprint density at radius 1 is 0.947 bits per heavy atom. The summed E-state index contributed by atoms with van der Waals surface area (Å²) in [5, 5.41) is 0. The van der Waals surface area contributed by atoms with Crippen LogP contribution in [0.4, 0.5) is 0 Å². The number of benzene rings is 2. The molecule has 0 aliphatic rings. The van der Waals surface area contributed by atoms with Crippen LogP contribution in [0.3, 0.4) is 0 Å². The van der Waals surface area contributed by atoms with E-state index in [-0.39, 0.29) is 0 Å². The van der Waals surface area contributed by atoms with E-state index in [1.54, 1.807) is 6.20 Å². The molecule has 1 aromatic heterocycles. The molecule has 0 saturated carbocycles. The van der Waals surface area contributed by atoms with Gasteiger partial charge in [0.05, 0.1) is 6.20 Å². The largest absolute Gasteiger partial charge is 0.457 e. The van der Waals surface area contributed by atoms with Gasteiger partial charge in [-0.25, -0.2) is 4.98 Å². The van der Waals surface area contributed by atoms with Crippen molar-refractivity contribution in [3.63, 3.8) is 0 Å². The number of aromatic nitrogens is 1. The minimum atomic E-state index is 0.607. The summed E-state index contributed by atoms with van der Waals surface area (Å²) in [5.41, 5.74) is 0.904. The molecule has 0 amide bonds. The van der Waals surface area contributed by atoms with Gasteiger partial charge in [-0.15, -0.1) is 0 Å². The molecule has 0 aliphatic carbocycles. The van der Waals surface area contributed by atoms with Gasteiger partial charge >= 0.3 is 0 Å². The maximum atomic E-state index is 5.78. The number of oxazole rings is 1. The summed E-state index contributed by atoms with van der Waals surface area (Å²) in [6.45, 7) is 1.88. The van der Waals surface area contributed by atoms with Gasteiger partial charge in [0.25, 0.3) is 0 Å². The highest BCUT2D eigenvalue weighted by molar-refractivity contribution is 5.56. The second-order valence-corrected chi connectivity index (χ2v) is 4.22. The van der Waals surface area contributed by atoms with E-state index in [0.717, 1.165) is 22.8 Å². The molecule has 2 aromatic carbocycles. The molecule has 0 spiro atoms. The van der Waals surface area contributed by atoms with Crippen molar-refractivity contribution >= 4 is 0 Å². The van der Waals surface area contributed by atoms with Crippen molar-refractivity contribution in [2.24, 2.45) is 0 Å². The molecular formula is C16H13NO2. The van der Waals surface area contributed by atoms with E-state index in [1.807, 2.05) is 61.5 Å². The summed E-state index contributed by atoms with van der Waals surface area (Å²) in [4.78, 5) is 4.21. The smallest absolute Gasteiger partial charge is 0.226 e. The fourth-order valence-electron chi connectivity index (χ4n) is 1.81. The average molecular weight is 251 g/mol. The predicted octanol–water partition coefficient (Wildman–Crippen LogP) is 4.44. The number of hydrogen-bond acceptors (Lipinski definition) is 3. The third-order valence-corrected chi connectivity index (χ3v) is 2.68. The molecule has 3 rings (SSSR count). The SMILES string of the molecule is Cc1cnc(-c2cccc(Oc3ccccc3)c2)o1. The lowest BCUT2D eigenvalue weighted by Crippen LogP contribution is -1.84. The van der Waals surface area contributed by atoms with E-state index in [1.165, 1.54) is 0 Å². The van der Waals surface area contributed by atoms with Crippen LogP contribution in [0.2, 0.25) is 0 Å². The molecular weight excluding hydrogens is 238 g/mol. The summed E-state index contributed by atoms with van der Waals surface area (Å²) in [7, 11) is 0. The molecule has 3 nitrogen and oxygen atoms in total. The van der Waals surface area contributed by atoms with Crippen molar-refractivity contribution in [2.45, 2.75) is 6.92 Å². The highest BCUT2D eigenvalue weighted by Gasteiger charge is 2.06. The molecule has 3 aromatic rings. The first-order chi connectivity index (χ1) is 9.31. The summed E-state index contributed by atoms with van der Waals surface area (Å²) in [6.07, 6.45) is 1.71. The maximum absolute atomic E-state index is 5.78. The summed E-state index contributed by atoms with van der Waals surface area (Å²) >= 11 is 0. The van der Waals surface area contributed by atoms with Gasteiger partial charge < -0.3 is 9.15 Å². The van der Waals surface area contributed by atoms with Crippen molar-refractivity contribution < 1.29 is 9.15 Å². The number of ether oxygens (including phenoxy) is 1. The Morgan fingerprint density at radius 2 is 1.74 bits per heavy atom. The van der Waals surface area contributed by atoms with Gasteiger partial charge in [0.1, 0.15) is 17.3 Å². The molecule has 1 heterocycles. The molecule has 0 atom stereocenters. The fraction of sp³-hybridized carbons (Fsp3) is 0.0625. The van der Waals surface area contributed by atoms with E-state index >= 15 is 0 Å². The molecule has 3 heteroatoms. The van der Waals surface area contributed by atoms with Crippen molar-refractivity contribution in [1.82, 2.24) is 4.98 Å². The standard InChI is InChI=1S/C16H13NO2/c1-12-11-17-16(18-12)13-6-5-9-15(10-13)19-14-7-3-2-4-8-14/h2-11H,1H3. The fourth-order valence-corrected chi connectivity index (χ4v) is 1.81. The third kappa shape index (κ3) is 2.65. The highest BCUT2D eigenvalue weighted by Crippen LogP contribution is 2.26. The Balaban J connectivity index is 1.88. The van der Waals surface area contributed by atoms with E-state index in [0.29, 0.717) is 5.89 Å². The minimum Gasteiger partial charge on any atom is -0.457 e. The Hall–Kier alpha value is -2.55. The Morgan fingerprint density at radius 3 is 2.47 bits per heavy atom. The van der Waals surface area contributed by atoms with E-state index in [4.69, 9.17) is 9.15 Å². The van der Waals surface area contributed by atoms with Crippen LogP contribution in [0.5, 0.6) is 11.5 Å². The van der Waals surface area contributed by atoms with Gasteiger partial charge in [-0.2, -0.15) is 0 Å². The zero-order valence-electron chi connectivity index (χ0n) is 10.5. The van der Waals surface area contributed by atoms with E-state index in [2.05, 4.69) is 4.98 Å². The van der Waals surface area contributed by atoms with Crippen LogP contribution in [0, 0.1) is 6.92 Å². The van der Waals surface area contributed by atoms with Crippen LogP contribution in [0.15, 0.2) is 65.2 Å². The van der Waals surface area contributed by atoms with Gasteiger partial charge in [0.2, 0.25) is 5.89 Å². The van der Waals surface area contributed by atoms with Crippen molar-refractivity contribution in [3.8, 4) is 23.0 Å². The Labute approximate surface area is 111 Å². The zero-order chi connectivity index (χ0) is 13.1. The second-order valence-electron chi connectivity index (χ2n) is 4.22. The van der Waals surface area contributed by atoms with Gasteiger partial charge in [-0.05, 0) is 37.3 Å². The molecule has 94 valence electrons. The van der Waals surface area contributed by atoms with Crippen molar-refractivity contribution in [3.05, 3.63) is 66.6 Å². The molecule has 0 radical (unpaired) electrons. The minimum absolute atomic E-state index is 0.607. The van der Waals surface area contributed by atoms with Crippen molar-refractivity contribution in [1.29, 1.82) is 0 Å². The first-order valence-electron chi connectivity index (χ1n) is 6.07. The predicted molar refractivity (Wildman–Crippen MR) is 73.2 cm³/mol. The number of nitrogens with zero attached hydrogens (tertiary/aromatic N) is 1. The average Bonchev–Trinajstić information content (AvgIpc) is 2.87. The zero-order valence-corrected chi connectivity index (χ0v) is 10.5. The Kier molecular flexibility index (Phi) is 3.02. The normalized spacial score (nSPS) is 10.4. The van der Waals surface area contributed by atoms with E-state index in [9.17, 15) is 0 Å². The molecule has 0 unspecified atom stereocenters. The molecule has 0 bridgehead atoms. The Bertz CT molecular complexity index is 674. The summed E-state index contributed by atoms with van der Waals surface area (Å²) < 4.78 is 11.3. The van der Waals surface area contributed by atoms with Crippen LogP contribution in [-0.4, -0.2) is 4.98 Å². The van der Waals surface area contributed by atoms with E-state index < -0.39 is 0 Å². The molecule has 0 fully saturated rings. The lowest BCUT2D eigenvalue weighted by Gasteiger charge is -2.06. The molecule has 0 saturated heterocycles. The van der Waals surface area contributed by atoms with Crippen LogP contribution in [-0.2, 0) is 0 Å². The van der Waals surface area contributed by atoms with Crippen molar-refractivity contribution in [2.75, 3.05) is 0 Å². The number of rotatable bonds is 3. The van der Waals surface area contributed by atoms with Gasteiger partial charge in [-0.3, -0.25) is 0 Å². The summed E-state index contributed by atoms with van der Waals surface area (Å²) in [5.74, 6) is 2.98. The van der Waals surface area contributed by atoms with Gasteiger partial charge in [-0.1, -0.05) is 24.3 Å². The maximum Gasteiger partial charge on any atom is 0.226 e. The highest BCUT2D eigenvalue weighted by atomic mass is 16.5. The molecule has 19 heavy (non-hydrogen) atoms. The number of aryl methyl sites for hydroxylation is 1. The lowest BCUT2D eigenvalue weighted by atomic mass is 10.2. The van der Waals surface area contributed by atoms with Crippen LogP contribution < -0.4 is 4.74 Å². The quantitative estimate of drug-likeness (QED) is 0.690. The lowest BCUT2D eigenvalue weighted by molar-refractivity contribution is 0.482. The van der Waals surface area contributed by atoms with Gasteiger partial charge in [0, 0.05) is 5.56 Å². The first-order valence-corrected chi connectivity index (χ1v) is 6.07. The van der Waals surface area contributed by atoms with Crippen LogP contribution in [0.1, 0.15) is 5.76 Å². The first kappa shape index (κ1) is 11.5. The third-order valence-electron chi connectivity index (χ3n) is 2.68. The monoisotopic (exact) mass is 251 g/mol. The van der Waals surface area contributed by atoms with Gasteiger partial charge in [0.15, 0.2) is 0 Å². The molecule has 0 aliphatic heterocycles.